The lowest BCUT2D eigenvalue weighted by Gasteiger charge is -2.10. The van der Waals surface area contributed by atoms with Gasteiger partial charge in [-0.15, -0.1) is 0 Å². The van der Waals surface area contributed by atoms with Gasteiger partial charge >= 0.3 is 0 Å². The zero-order valence-corrected chi connectivity index (χ0v) is 16.8. The summed E-state index contributed by atoms with van der Waals surface area (Å²) in [5.41, 5.74) is 4.82. The van der Waals surface area contributed by atoms with Gasteiger partial charge in [-0.2, -0.15) is 5.10 Å². The summed E-state index contributed by atoms with van der Waals surface area (Å²) in [6, 6.07) is 22.3. The van der Waals surface area contributed by atoms with Gasteiger partial charge in [0, 0.05) is 4.47 Å². The molecular formula is C22H19BrN2O3. The number of methoxy groups -OCH3 is 1. The summed E-state index contributed by atoms with van der Waals surface area (Å²) < 4.78 is 12.0. The molecule has 3 rings (SSSR count). The van der Waals surface area contributed by atoms with E-state index in [9.17, 15) is 4.79 Å². The monoisotopic (exact) mass is 438 g/mol. The first-order chi connectivity index (χ1) is 13.7. The molecule has 0 saturated carbocycles. The molecule has 1 N–H and O–H groups in total. The van der Waals surface area contributed by atoms with Gasteiger partial charge in [0.05, 0.1) is 18.9 Å². The van der Waals surface area contributed by atoms with Crippen LogP contribution in [-0.2, 0) is 6.61 Å². The fraction of sp³-hybridized carbons (Fsp3) is 0.0909. The number of carbonyl (C=O) groups is 1. The molecule has 0 aliphatic rings. The third-order valence-electron chi connectivity index (χ3n) is 3.93. The fourth-order valence-electron chi connectivity index (χ4n) is 2.44. The molecule has 3 aromatic carbocycles. The second-order valence-corrected chi connectivity index (χ2v) is 6.80. The Morgan fingerprint density at radius 3 is 2.46 bits per heavy atom. The predicted octanol–water partition coefficient (Wildman–Crippen LogP) is 4.80. The minimum Gasteiger partial charge on any atom is -0.497 e. The van der Waals surface area contributed by atoms with Gasteiger partial charge in [0.15, 0.2) is 0 Å². The first kappa shape index (κ1) is 19.6. The van der Waals surface area contributed by atoms with Crippen molar-refractivity contribution in [2.45, 2.75) is 6.61 Å². The number of nitrogens with zero attached hydrogens (tertiary/aromatic N) is 1. The maximum Gasteiger partial charge on any atom is 0.275 e. The molecule has 0 radical (unpaired) electrons. The highest BCUT2D eigenvalue weighted by atomic mass is 79.9. The van der Waals surface area contributed by atoms with Gasteiger partial charge in [-0.1, -0.05) is 40.2 Å². The Hall–Kier alpha value is -3.12. The summed E-state index contributed by atoms with van der Waals surface area (Å²) in [5, 5.41) is 4.02. The lowest BCUT2D eigenvalue weighted by Crippen LogP contribution is -2.18. The van der Waals surface area contributed by atoms with Crippen molar-refractivity contribution in [1.29, 1.82) is 0 Å². The topological polar surface area (TPSA) is 59.9 Å². The van der Waals surface area contributed by atoms with Gasteiger partial charge in [0.2, 0.25) is 0 Å². The van der Waals surface area contributed by atoms with Crippen molar-refractivity contribution < 1.29 is 14.3 Å². The molecule has 0 unspecified atom stereocenters. The Kier molecular flexibility index (Phi) is 6.81. The van der Waals surface area contributed by atoms with Crippen molar-refractivity contribution in [2.24, 2.45) is 5.10 Å². The molecule has 5 nitrogen and oxygen atoms in total. The number of benzene rings is 3. The number of ether oxygens (including phenoxy) is 2. The molecule has 3 aromatic rings. The second-order valence-electron chi connectivity index (χ2n) is 5.88. The molecule has 0 aliphatic carbocycles. The summed E-state index contributed by atoms with van der Waals surface area (Å²) in [5.74, 6) is 0.928. The number of nitrogens with one attached hydrogen (secondary N) is 1. The van der Waals surface area contributed by atoms with Crippen molar-refractivity contribution in [3.63, 3.8) is 0 Å². The third kappa shape index (κ3) is 5.44. The third-order valence-corrected chi connectivity index (χ3v) is 4.46. The fourth-order valence-corrected chi connectivity index (χ4v) is 2.70. The van der Waals surface area contributed by atoms with Crippen molar-refractivity contribution in [1.82, 2.24) is 5.43 Å². The van der Waals surface area contributed by atoms with E-state index in [0.29, 0.717) is 17.9 Å². The van der Waals surface area contributed by atoms with Crippen molar-refractivity contribution in [2.75, 3.05) is 7.11 Å². The van der Waals surface area contributed by atoms with Gasteiger partial charge in [-0.25, -0.2) is 5.43 Å². The van der Waals surface area contributed by atoms with Crippen LogP contribution in [0.15, 0.2) is 82.4 Å². The predicted molar refractivity (Wildman–Crippen MR) is 113 cm³/mol. The average Bonchev–Trinajstić information content (AvgIpc) is 2.74. The lowest BCUT2D eigenvalue weighted by molar-refractivity contribution is 0.0950. The van der Waals surface area contributed by atoms with E-state index in [0.717, 1.165) is 21.3 Å². The standard InChI is InChI=1S/C22H19BrN2O3/c1-27-19-12-8-16(9-13-19)14-24-25-22(26)20-4-2-3-5-21(20)28-15-17-6-10-18(23)11-7-17/h2-14H,15H2,1H3,(H,25,26). The Morgan fingerprint density at radius 1 is 1.04 bits per heavy atom. The van der Waals surface area contributed by atoms with Crippen LogP contribution in [-0.4, -0.2) is 19.2 Å². The minimum atomic E-state index is -0.337. The van der Waals surface area contributed by atoms with E-state index in [1.165, 1.54) is 0 Å². The quantitative estimate of drug-likeness (QED) is 0.425. The van der Waals surface area contributed by atoms with E-state index in [1.807, 2.05) is 54.6 Å². The Morgan fingerprint density at radius 2 is 1.75 bits per heavy atom. The molecule has 0 atom stereocenters. The Labute approximate surface area is 172 Å². The van der Waals surface area contributed by atoms with Gasteiger partial charge in [-0.3, -0.25) is 4.79 Å². The molecule has 0 aromatic heterocycles. The number of carbonyl (C=O) groups excluding carboxylic acids is 1. The summed E-state index contributed by atoms with van der Waals surface area (Å²) in [4.78, 5) is 12.5. The molecule has 0 bridgehead atoms. The highest BCUT2D eigenvalue weighted by molar-refractivity contribution is 9.10. The maximum atomic E-state index is 12.5. The molecule has 6 heteroatoms. The second kappa shape index (κ2) is 9.71. The van der Waals surface area contributed by atoms with Crippen LogP contribution in [0, 0.1) is 0 Å². The summed E-state index contributed by atoms with van der Waals surface area (Å²) in [7, 11) is 1.61. The van der Waals surface area contributed by atoms with Crippen molar-refractivity contribution in [3.8, 4) is 11.5 Å². The number of amides is 1. The Balaban J connectivity index is 1.62. The van der Waals surface area contributed by atoms with Crippen LogP contribution in [0.5, 0.6) is 11.5 Å². The molecule has 142 valence electrons. The smallest absolute Gasteiger partial charge is 0.275 e. The zero-order valence-electron chi connectivity index (χ0n) is 15.3. The Bertz CT molecular complexity index is 954. The zero-order chi connectivity index (χ0) is 19.8. The number of rotatable bonds is 7. The molecular weight excluding hydrogens is 420 g/mol. The van der Waals surface area contributed by atoms with E-state index in [1.54, 1.807) is 31.5 Å². The van der Waals surface area contributed by atoms with Crippen molar-refractivity contribution in [3.05, 3.63) is 94.0 Å². The average molecular weight is 439 g/mol. The lowest BCUT2D eigenvalue weighted by atomic mass is 10.2. The van der Waals surface area contributed by atoms with Crippen LogP contribution < -0.4 is 14.9 Å². The van der Waals surface area contributed by atoms with Gasteiger partial charge in [0.1, 0.15) is 18.1 Å². The molecule has 0 aliphatic heterocycles. The summed E-state index contributed by atoms with van der Waals surface area (Å²) in [6.45, 7) is 0.368. The minimum absolute atomic E-state index is 0.337. The highest BCUT2D eigenvalue weighted by Gasteiger charge is 2.11. The van der Waals surface area contributed by atoms with Crippen LogP contribution in [0.25, 0.3) is 0 Å². The van der Waals surface area contributed by atoms with Crippen LogP contribution in [0.2, 0.25) is 0 Å². The highest BCUT2D eigenvalue weighted by Crippen LogP contribution is 2.20. The number of hydrazone groups is 1. The number of halogens is 1. The van der Waals surface area contributed by atoms with Crippen LogP contribution in [0.3, 0.4) is 0 Å². The van der Waals surface area contributed by atoms with Crippen molar-refractivity contribution >= 4 is 28.1 Å². The molecule has 28 heavy (non-hydrogen) atoms. The molecule has 0 spiro atoms. The van der Waals surface area contributed by atoms with E-state index in [4.69, 9.17) is 9.47 Å². The van der Waals surface area contributed by atoms with Crippen LogP contribution in [0.4, 0.5) is 0 Å². The largest absolute Gasteiger partial charge is 0.497 e. The van der Waals surface area contributed by atoms with Gasteiger partial charge in [-0.05, 0) is 59.7 Å². The van der Waals surface area contributed by atoms with E-state index < -0.39 is 0 Å². The van der Waals surface area contributed by atoms with Gasteiger partial charge < -0.3 is 9.47 Å². The normalized spacial score (nSPS) is 10.6. The SMILES string of the molecule is COc1ccc(C=NNC(=O)c2ccccc2OCc2ccc(Br)cc2)cc1. The van der Waals surface area contributed by atoms with E-state index >= 15 is 0 Å². The molecule has 0 saturated heterocycles. The number of hydrogen-bond acceptors (Lipinski definition) is 4. The first-order valence-corrected chi connectivity index (χ1v) is 9.39. The molecule has 0 fully saturated rings. The van der Waals surface area contributed by atoms with Gasteiger partial charge in [0.25, 0.3) is 5.91 Å². The maximum absolute atomic E-state index is 12.5. The summed E-state index contributed by atoms with van der Waals surface area (Å²) in [6.07, 6.45) is 1.57. The molecule has 0 heterocycles. The van der Waals surface area contributed by atoms with E-state index in [2.05, 4.69) is 26.5 Å². The number of hydrogen-bond donors (Lipinski definition) is 1. The summed E-state index contributed by atoms with van der Waals surface area (Å²) >= 11 is 3.41. The molecule has 1 amide bonds. The number of para-hydroxylation sites is 1. The first-order valence-electron chi connectivity index (χ1n) is 8.59. The van der Waals surface area contributed by atoms with E-state index in [-0.39, 0.29) is 5.91 Å². The van der Waals surface area contributed by atoms with Crippen LogP contribution in [0.1, 0.15) is 21.5 Å². The van der Waals surface area contributed by atoms with Crippen LogP contribution >= 0.6 is 15.9 Å².